The predicted octanol–water partition coefficient (Wildman–Crippen LogP) is 3.32. The van der Waals surface area contributed by atoms with Gasteiger partial charge >= 0.3 is 0 Å². The lowest BCUT2D eigenvalue weighted by atomic mass is 10.2. The SMILES string of the molecule is C/C(=C\C(=O)Nc1ccccc1)NCc1ccccc1. The van der Waals surface area contributed by atoms with Crippen molar-refractivity contribution < 1.29 is 4.79 Å². The molecule has 1 amide bonds. The van der Waals surface area contributed by atoms with Gasteiger partial charge in [0.2, 0.25) is 5.91 Å². The van der Waals surface area contributed by atoms with Crippen molar-refractivity contribution in [2.75, 3.05) is 5.32 Å². The van der Waals surface area contributed by atoms with Crippen LogP contribution in [0.2, 0.25) is 0 Å². The number of hydrogen-bond donors (Lipinski definition) is 2. The van der Waals surface area contributed by atoms with E-state index in [-0.39, 0.29) is 5.91 Å². The lowest BCUT2D eigenvalue weighted by molar-refractivity contribution is -0.112. The Bertz CT molecular complexity index is 576. The molecule has 0 fully saturated rings. The third-order valence-corrected chi connectivity index (χ3v) is 2.80. The van der Waals surface area contributed by atoms with Gasteiger partial charge in [-0.05, 0) is 24.6 Å². The number of benzene rings is 2. The highest BCUT2D eigenvalue weighted by atomic mass is 16.1. The first-order valence-corrected chi connectivity index (χ1v) is 6.56. The molecule has 3 heteroatoms. The van der Waals surface area contributed by atoms with Gasteiger partial charge in [0, 0.05) is 24.0 Å². The van der Waals surface area contributed by atoms with Gasteiger partial charge in [0.1, 0.15) is 0 Å². The summed E-state index contributed by atoms with van der Waals surface area (Å²) in [5.41, 5.74) is 2.82. The maximum Gasteiger partial charge on any atom is 0.250 e. The fourth-order valence-corrected chi connectivity index (χ4v) is 1.78. The van der Waals surface area contributed by atoms with Crippen molar-refractivity contribution in [1.82, 2.24) is 5.32 Å². The summed E-state index contributed by atoms with van der Waals surface area (Å²) in [6.07, 6.45) is 1.57. The maximum atomic E-state index is 11.8. The molecule has 0 atom stereocenters. The van der Waals surface area contributed by atoms with E-state index in [0.29, 0.717) is 6.54 Å². The van der Waals surface area contributed by atoms with Crippen LogP contribution in [0, 0.1) is 0 Å². The second-order valence-corrected chi connectivity index (χ2v) is 4.52. The fraction of sp³-hybridized carbons (Fsp3) is 0.118. The van der Waals surface area contributed by atoms with Crippen LogP contribution in [-0.4, -0.2) is 5.91 Å². The van der Waals surface area contributed by atoms with Crippen LogP contribution in [0.4, 0.5) is 5.69 Å². The number of allylic oxidation sites excluding steroid dienone is 1. The third-order valence-electron chi connectivity index (χ3n) is 2.80. The van der Waals surface area contributed by atoms with E-state index in [1.165, 1.54) is 5.56 Å². The second-order valence-electron chi connectivity index (χ2n) is 4.52. The number of amides is 1. The van der Waals surface area contributed by atoms with E-state index in [2.05, 4.69) is 10.6 Å². The van der Waals surface area contributed by atoms with Crippen LogP contribution in [0.15, 0.2) is 72.4 Å². The van der Waals surface area contributed by atoms with Crippen molar-refractivity contribution in [2.45, 2.75) is 13.5 Å². The largest absolute Gasteiger partial charge is 0.384 e. The molecule has 0 saturated carbocycles. The van der Waals surface area contributed by atoms with Gasteiger partial charge in [0.15, 0.2) is 0 Å². The Morgan fingerprint density at radius 1 is 1.00 bits per heavy atom. The van der Waals surface area contributed by atoms with Gasteiger partial charge in [0.05, 0.1) is 0 Å². The zero-order chi connectivity index (χ0) is 14.2. The van der Waals surface area contributed by atoms with Gasteiger partial charge in [-0.15, -0.1) is 0 Å². The topological polar surface area (TPSA) is 41.1 Å². The van der Waals surface area contributed by atoms with E-state index in [9.17, 15) is 4.79 Å². The van der Waals surface area contributed by atoms with E-state index < -0.39 is 0 Å². The molecule has 2 aromatic carbocycles. The van der Waals surface area contributed by atoms with Gasteiger partial charge in [-0.25, -0.2) is 0 Å². The van der Waals surface area contributed by atoms with Crippen LogP contribution >= 0.6 is 0 Å². The normalized spacial score (nSPS) is 10.9. The van der Waals surface area contributed by atoms with E-state index in [4.69, 9.17) is 0 Å². The molecule has 2 rings (SSSR count). The van der Waals surface area contributed by atoms with E-state index in [1.807, 2.05) is 67.6 Å². The van der Waals surface area contributed by atoms with Crippen LogP contribution in [0.1, 0.15) is 12.5 Å². The molecule has 0 aliphatic carbocycles. The lowest BCUT2D eigenvalue weighted by Gasteiger charge is -2.07. The lowest BCUT2D eigenvalue weighted by Crippen LogP contribution is -2.15. The number of rotatable bonds is 5. The van der Waals surface area contributed by atoms with Crippen LogP contribution in [-0.2, 0) is 11.3 Å². The van der Waals surface area contributed by atoms with Gasteiger partial charge in [0.25, 0.3) is 0 Å². The summed E-state index contributed by atoms with van der Waals surface area (Å²) >= 11 is 0. The first-order chi connectivity index (χ1) is 9.74. The van der Waals surface area contributed by atoms with Crippen LogP contribution in [0.5, 0.6) is 0 Å². The Labute approximate surface area is 119 Å². The Morgan fingerprint density at radius 2 is 1.60 bits per heavy atom. The monoisotopic (exact) mass is 266 g/mol. The Hall–Kier alpha value is -2.55. The minimum absolute atomic E-state index is 0.130. The quantitative estimate of drug-likeness (QED) is 0.815. The molecule has 2 N–H and O–H groups in total. The number of carbonyl (C=O) groups excluding carboxylic acids is 1. The molecular formula is C17H18N2O. The fourth-order valence-electron chi connectivity index (χ4n) is 1.78. The van der Waals surface area contributed by atoms with Crippen molar-refractivity contribution in [3.63, 3.8) is 0 Å². The second kappa shape index (κ2) is 7.14. The maximum absolute atomic E-state index is 11.8. The highest BCUT2D eigenvalue weighted by molar-refractivity contribution is 5.99. The molecule has 0 bridgehead atoms. The molecular weight excluding hydrogens is 248 g/mol. The number of para-hydroxylation sites is 1. The molecule has 0 aromatic heterocycles. The number of carbonyl (C=O) groups is 1. The summed E-state index contributed by atoms with van der Waals surface area (Å²) in [6, 6.07) is 19.5. The molecule has 0 unspecified atom stereocenters. The Balaban J connectivity index is 1.85. The zero-order valence-electron chi connectivity index (χ0n) is 11.5. The zero-order valence-corrected chi connectivity index (χ0v) is 11.5. The van der Waals surface area contributed by atoms with Gasteiger partial charge in [-0.3, -0.25) is 4.79 Å². The van der Waals surface area contributed by atoms with Crippen molar-refractivity contribution in [1.29, 1.82) is 0 Å². The van der Waals surface area contributed by atoms with Crippen LogP contribution < -0.4 is 10.6 Å². The third kappa shape index (κ3) is 4.61. The van der Waals surface area contributed by atoms with Gasteiger partial charge < -0.3 is 10.6 Å². The number of hydrogen-bond acceptors (Lipinski definition) is 2. The van der Waals surface area contributed by atoms with Gasteiger partial charge in [-0.1, -0.05) is 48.5 Å². The first kappa shape index (κ1) is 13.9. The molecule has 0 aliphatic rings. The van der Waals surface area contributed by atoms with E-state index in [0.717, 1.165) is 11.4 Å². The molecule has 2 aromatic rings. The van der Waals surface area contributed by atoms with E-state index in [1.54, 1.807) is 6.08 Å². The average Bonchev–Trinajstić information content (AvgIpc) is 2.47. The van der Waals surface area contributed by atoms with Crippen molar-refractivity contribution >= 4 is 11.6 Å². The Kier molecular flexibility index (Phi) is 4.95. The minimum Gasteiger partial charge on any atom is -0.384 e. The smallest absolute Gasteiger partial charge is 0.250 e. The first-order valence-electron chi connectivity index (χ1n) is 6.56. The standard InChI is InChI=1S/C17H18N2O/c1-14(18-13-15-8-4-2-5-9-15)12-17(20)19-16-10-6-3-7-11-16/h2-12,18H,13H2,1H3,(H,19,20)/b14-12+. The van der Waals surface area contributed by atoms with Gasteiger partial charge in [-0.2, -0.15) is 0 Å². The summed E-state index contributed by atoms with van der Waals surface area (Å²) in [7, 11) is 0. The van der Waals surface area contributed by atoms with E-state index >= 15 is 0 Å². The molecule has 102 valence electrons. The molecule has 0 heterocycles. The minimum atomic E-state index is -0.130. The molecule has 3 nitrogen and oxygen atoms in total. The summed E-state index contributed by atoms with van der Waals surface area (Å²) in [6.45, 7) is 2.59. The highest BCUT2D eigenvalue weighted by Gasteiger charge is 1.99. The number of anilines is 1. The molecule has 0 spiro atoms. The summed E-state index contributed by atoms with van der Waals surface area (Å²) in [4.78, 5) is 11.8. The van der Waals surface area contributed by atoms with Crippen LogP contribution in [0.25, 0.3) is 0 Å². The van der Waals surface area contributed by atoms with Crippen LogP contribution in [0.3, 0.4) is 0 Å². The highest BCUT2D eigenvalue weighted by Crippen LogP contribution is 2.05. The molecule has 20 heavy (non-hydrogen) atoms. The predicted molar refractivity (Wildman–Crippen MR) is 82.1 cm³/mol. The summed E-state index contributed by atoms with van der Waals surface area (Å²) < 4.78 is 0. The summed E-state index contributed by atoms with van der Waals surface area (Å²) in [5.74, 6) is -0.130. The molecule has 0 radical (unpaired) electrons. The summed E-state index contributed by atoms with van der Waals surface area (Å²) in [5, 5.41) is 6.03. The van der Waals surface area contributed by atoms with Crippen molar-refractivity contribution in [3.05, 3.63) is 78.0 Å². The van der Waals surface area contributed by atoms with Crippen molar-refractivity contribution in [3.8, 4) is 0 Å². The van der Waals surface area contributed by atoms with Crippen molar-refractivity contribution in [2.24, 2.45) is 0 Å². The molecule has 0 saturated heterocycles. The number of nitrogens with one attached hydrogen (secondary N) is 2. The molecule has 0 aliphatic heterocycles. The average molecular weight is 266 g/mol. The Morgan fingerprint density at radius 3 is 2.25 bits per heavy atom.